The standard InChI is InChI=1S/C17H15N3O2S2/c1-10-15(24-17(18-10)14-4-3-9-23-14)16(22)20-13-7-5-12(6-8-13)19-11(2)21/h3-9H,1-2H3,(H,19,21)(H,20,22). The van der Waals surface area contributed by atoms with E-state index >= 15 is 0 Å². The summed E-state index contributed by atoms with van der Waals surface area (Å²) in [6.07, 6.45) is 0. The number of nitrogens with zero attached hydrogens (tertiary/aromatic N) is 1. The number of aryl methyl sites for hydroxylation is 1. The highest BCUT2D eigenvalue weighted by Crippen LogP contribution is 2.31. The summed E-state index contributed by atoms with van der Waals surface area (Å²) >= 11 is 2.99. The number of amides is 2. The average Bonchev–Trinajstić information content (AvgIpc) is 3.18. The molecule has 2 N–H and O–H groups in total. The molecule has 0 aliphatic rings. The van der Waals surface area contributed by atoms with E-state index in [9.17, 15) is 9.59 Å². The van der Waals surface area contributed by atoms with Gasteiger partial charge in [0.2, 0.25) is 5.91 Å². The van der Waals surface area contributed by atoms with Crippen LogP contribution in [0.3, 0.4) is 0 Å². The minimum Gasteiger partial charge on any atom is -0.326 e. The summed E-state index contributed by atoms with van der Waals surface area (Å²) in [6, 6.07) is 10.9. The average molecular weight is 357 g/mol. The first-order valence-corrected chi connectivity index (χ1v) is 8.93. The number of nitrogens with one attached hydrogen (secondary N) is 2. The minimum atomic E-state index is -0.180. The van der Waals surface area contributed by atoms with E-state index in [2.05, 4.69) is 15.6 Å². The highest BCUT2D eigenvalue weighted by atomic mass is 32.1. The van der Waals surface area contributed by atoms with Crippen molar-refractivity contribution in [3.05, 3.63) is 52.3 Å². The molecule has 0 unspecified atom stereocenters. The highest BCUT2D eigenvalue weighted by Gasteiger charge is 2.16. The van der Waals surface area contributed by atoms with Crippen LogP contribution in [0, 0.1) is 6.92 Å². The predicted molar refractivity (Wildman–Crippen MR) is 98.9 cm³/mol. The van der Waals surface area contributed by atoms with Crippen molar-refractivity contribution in [2.75, 3.05) is 10.6 Å². The number of thiazole rings is 1. The number of benzene rings is 1. The zero-order chi connectivity index (χ0) is 17.1. The van der Waals surface area contributed by atoms with Gasteiger partial charge in [0.15, 0.2) is 0 Å². The van der Waals surface area contributed by atoms with Crippen molar-refractivity contribution in [3.63, 3.8) is 0 Å². The molecule has 0 saturated heterocycles. The summed E-state index contributed by atoms with van der Waals surface area (Å²) in [5.74, 6) is -0.312. The number of rotatable bonds is 4. The zero-order valence-corrected chi connectivity index (χ0v) is 14.8. The highest BCUT2D eigenvalue weighted by molar-refractivity contribution is 7.22. The molecule has 0 aliphatic carbocycles. The van der Waals surface area contributed by atoms with Crippen LogP contribution in [0.25, 0.3) is 9.88 Å². The number of thiophene rings is 1. The zero-order valence-electron chi connectivity index (χ0n) is 13.1. The molecule has 122 valence electrons. The molecule has 0 aliphatic heterocycles. The predicted octanol–water partition coefficient (Wildman–Crippen LogP) is 4.39. The van der Waals surface area contributed by atoms with Crippen molar-refractivity contribution < 1.29 is 9.59 Å². The lowest BCUT2D eigenvalue weighted by Crippen LogP contribution is -2.11. The van der Waals surface area contributed by atoms with Gasteiger partial charge >= 0.3 is 0 Å². The minimum absolute atomic E-state index is 0.131. The van der Waals surface area contributed by atoms with Crippen molar-refractivity contribution >= 4 is 45.9 Å². The van der Waals surface area contributed by atoms with E-state index in [0.717, 1.165) is 15.6 Å². The summed E-state index contributed by atoms with van der Waals surface area (Å²) in [6.45, 7) is 3.29. The van der Waals surface area contributed by atoms with E-state index in [1.807, 2.05) is 24.4 Å². The Morgan fingerprint density at radius 1 is 1.04 bits per heavy atom. The number of carbonyl (C=O) groups is 2. The quantitative estimate of drug-likeness (QED) is 0.727. The number of hydrogen-bond acceptors (Lipinski definition) is 5. The van der Waals surface area contributed by atoms with E-state index in [1.54, 1.807) is 35.6 Å². The Morgan fingerprint density at radius 3 is 2.29 bits per heavy atom. The molecule has 0 fully saturated rings. The molecule has 0 bridgehead atoms. The van der Waals surface area contributed by atoms with E-state index in [-0.39, 0.29) is 11.8 Å². The molecule has 3 rings (SSSR count). The first kappa shape index (κ1) is 16.4. The van der Waals surface area contributed by atoms with Crippen LogP contribution in [-0.4, -0.2) is 16.8 Å². The number of carbonyl (C=O) groups excluding carboxylic acids is 2. The van der Waals surface area contributed by atoms with Crippen molar-refractivity contribution in [2.45, 2.75) is 13.8 Å². The van der Waals surface area contributed by atoms with Gasteiger partial charge in [-0.1, -0.05) is 6.07 Å². The molecule has 2 heterocycles. The van der Waals surface area contributed by atoms with Crippen LogP contribution < -0.4 is 10.6 Å². The van der Waals surface area contributed by atoms with Crippen LogP contribution in [0.1, 0.15) is 22.3 Å². The maximum Gasteiger partial charge on any atom is 0.267 e. The Labute approximate surface area is 147 Å². The lowest BCUT2D eigenvalue weighted by molar-refractivity contribution is -0.114. The number of anilines is 2. The first-order chi connectivity index (χ1) is 11.5. The third-order valence-corrected chi connectivity index (χ3v) is 5.39. The van der Waals surface area contributed by atoms with Crippen LogP contribution in [0.2, 0.25) is 0 Å². The molecule has 0 atom stereocenters. The van der Waals surface area contributed by atoms with Gasteiger partial charge in [-0.25, -0.2) is 4.98 Å². The van der Waals surface area contributed by atoms with Crippen molar-refractivity contribution in [1.29, 1.82) is 0 Å². The summed E-state index contributed by atoms with van der Waals surface area (Å²) in [5.41, 5.74) is 2.07. The van der Waals surface area contributed by atoms with Crippen LogP contribution in [0.5, 0.6) is 0 Å². The lowest BCUT2D eigenvalue weighted by Gasteiger charge is -2.06. The maximum absolute atomic E-state index is 12.5. The van der Waals surface area contributed by atoms with E-state index in [4.69, 9.17) is 0 Å². The Morgan fingerprint density at radius 2 is 1.71 bits per heavy atom. The molecule has 1 aromatic carbocycles. The van der Waals surface area contributed by atoms with Crippen molar-refractivity contribution in [1.82, 2.24) is 4.98 Å². The molecule has 5 nitrogen and oxygen atoms in total. The molecule has 0 saturated carbocycles. The van der Waals surface area contributed by atoms with Crippen LogP contribution in [0.15, 0.2) is 41.8 Å². The Kier molecular flexibility index (Phi) is 4.73. The van der Waals surface area contributed by atoms with Gasteiger partial charge in [-0.05, 0) is 42.6 Å². The van der Waals surface area contributed by atoms with Gasteiger partial charge in [-0.2, -0.15) is 0 Å². The SMILES string of the molecule is CC(=O)Nc1ccc(NC(=O)c2sc(-c3cccs3)nc2C)cc1. The fourth-order valence-electron chi connectivity index (χ4n) is 2.14. The topological polar surface area (TPSA) is 71.1 Å². The monoisotopic (exact) mass is 357 g/mol. The summed E-state index contributed by atoms with van der Waals surface area (Å²) in [5, 5.41) is 8.39. The second-order valence-corrected chi connectivity index (χ2v) is 7.07. The molecule has 2 amide bonds. The fourth-order valence-corrected chi connectivity index (χ4v) is 3.90. The summed E-state index contributed by atoms with van der Waals surface area (Å²) < 4.78 is 0. The summed E-state index contributed by atoms with van der Waals surface area (Å²) in [4.78, 5) is 29.6. The largest absolute Gasteiger partial charge is 0.326 e. The Bertz CT molecular complexity index is 868. The number of hydrogen-bond donors (Lipinski definition) is 2. The third-order valence-electron chi connectivity index (χ3n) is 3.20. The van der Waals surface area contributed by atoms with Gasteiger partial charge in [-0.15, -0.1) is 22.7 Å². The van der Waals surface area contributed by atoms with Gasteiger partial charge in [0, 0.05) is 18.3 Å². The normalized spacial score (nSPS) is 10.4. The second kappa shape index (κ2) is 6.94. The molecule has 3 aromatic rings. The fraction of sp³-hybridized carbons (Fsp3) is 0.118. The molecular weight excluding hydrogens is 342 g/mol. The summed E-state index contributed by atoms with van der Waals surface area (Å²) in [7, 11) is 0. The smallest absolute Gasteiger partial charge is 0.267 e. The molecular formula is C17H15N3O2S2. The first-order valence-electron chi connectivity index (χ1n) is 7.23. The molecule has 2 aromatic heterocycles. The number of aromatic nitrogens is 1. The van der Waals surface area contributed by atoms with Crippen LogP contribution in [0.4, 0.5) is 11.4 Å². The van der Waals surface area contributed by atoms with E-state index < -0.39 is 0 Å². The molecule has 7 heteroatoms. The lowest BCUT2D eigenvalue weighted by atomic mass is 10.2. The molecule has 0 spiro atoms. The van der Waals surface area contributed by atoms with Crippen LogP contribution >= 0.6 is 22.7 Å². The Hall–Kier alpha value is -2.51. The van der Waals surface area contributed by atoms with Gasteiger partial charge in [0.25, 0.3) is 5.91 Å². The van der Waals surface area contributed by atoms with E-state index in [1.165, 1.54) is 18.3 Å². The second-order valence-electron chi connectivity index (χ2n) is 5.12. The molecule has 0 radical (unpaired) electrons. The van der Waals surface area contributed by atoms with Gasteiger partial charge in [0.05, 0.1) is 10.6 Å². The Balaban J connectivity index is 1.74. The third kappa shape index (κ3) is 3.69. The van der Waals surface area contributed by atoms with Crippen molar-refractivity contribution in [2.24, 2.45) is 0 Å². The van der Waals surface area contributed by atoms with Crippen LogP contribution in [-0.2, 0) is 4.79 Å². The van der Waals surface area contributed by atoms with E-state index in [0.29, 0.717) is 16.3 Å². The molecule has 24 heavy (non-hydrogen) atoms. The van der Waals surface area contributed by atoms with Gasteiger partial charge < -0.3 is 10.6 Å². The van der Waals surface area contributed by atoms with Gasteiger partial charge in [-0.3, -0.25) is 9.59 Å². The maximum atomic E-state index is 12.5. The van der Waals surface area contributed by atoms with Crippen molar-refractivity contribution in [3.8, 4) is 9.88 Å². The van der Waals surface area contributed by atoms with Gasteiger partial charge in [0.1, 0.15) is 9.88 Å².